The topological polar surface area (TPSA) is 49.6 Å². The minimum Gasteiger partial charge on any atom is -0.456 e. The first-order chi connectivity index (χ1) is 12.6. The molecule has 0 saturated heterocycles. The Kier molecular flexibility index (Phi) is 7.60. The van der Waals surface area contributed by atoms with Crippen molar-refractivity contribution in [2.45, 2.75) is 40.3 Å². The molecular formula is C21H29N3O2. The van der Waals surface area contributed by atoms with Crippen molar-refractivity contribution in [3.8, 4) is 0 Å². The summed E-state index contributed by atoms with van der Waals surface area (Å²) in [6.45, 7) is 13.8. The molecule has 1 amide bonds. The second-order valence-corrected chi connectivity index (χ2v) is 6.21. The molecule has 2 aromatic heterocycles. The Hall–Kier alpha value is -2.40. The van der Waals surface area contributed by atoms with E-state index in [9.17, 15) is 4.79 Å². The van der Waals surface area contributed by atoms with Gasteiger partial charge in [0.2, 0.25) is 0 Å². The summed E-state index contributed by atoms with van der Waals surface area (Å²) in [6, 6.07) is 5.73. The van der Waals surface area contributed by atoms with Crippen molar-refractivity contribution in [1.82, 2.24) is 14.8 Å². The molecule has 0 fully saturated rings. The second kappa shape index (κ2) is 9.92. The van der Waals surface area contributed by atoms with Crippen molar-refractivity contribution in [3.63, 3.8) is 0 Å². The van der Waals surface area contributed by atoms with Gasteiger partial charge in [0.25, 0.3) is 5.91 Å². The second-order valence-electron chi connectivity index (χ2n) is 6.21. The molecule has 0 bridgehead atoms. The highest BCUT2D eigenvalue weighted by Crippen LogP contribution is 2.20. The summed E-state index contributed by atoms with van der Waals surface area (Å²) in [6.07, 6.45) is 6.00. The third-order valence-electron chi connectivity index (χ3n) is 4.45. The third kappa shape index (κ3) is 5.05. The summed E-state index contributed by atoms with van der Waals surface area (Å²) >= 11 is 0. The van der Waals surface area contributed by atoms with Crippen LogP contribution >= 0.6 is 0 Å². The zero-order valence-corrected chi connectivity index (χ0v) is 16.1. The van der Waals surface area contributed by atoms with Crippen LogP contribution in [0.5, 0.6) is 0 Å². The molecule has 0 unspecified atom stereocenters. The number of nitrogens with zero attached hydrogens (tertiary/aromatic N) is 3. The van der Waals surface area contributed by atoms with Gasteiger partial charge in [-0.2, -0.15) is 0 Å². The van der Waals surface area contributed by atoms with E-state index in [1.54, 1.807) is 23.4 Å². The fourth-order valence-electron chi connectivity index (χ4n) is 2.94. The van der Waals surface area contributed by atoms with Gasteiger partial charge in [-0.05, 0) is 30.8 Å². The Labute approximate surface area is 156 Å². The first kappa shape index (κ1) is 19.9. The van der Waals surface area contributed by atoms with Gasteiger partial charge in [0.05, 0.1) is 0 Å². The number of rotatable bonds is 10. The van der Waals surface area contributed by atoms with Gasteiger partial charge in [0, 0.05) is 44.0 Å². The van der Waals surface area contributed by atoms with E-state index in [1.807, 2.05) is 18.2 Å². The number of hydrogen-bond acceptors (Lipinski definition) is 4. The predicted molar refractivity (Wildman–Crippen MR) is 104 cm³/mol. The lowest BCUT2D eigenvalue weighted by molar-refractivity contribution is 0.0728. The third-order valence-corrected chi connectivity index (χ3v) is 4.45. The Morgan fingerprint density at radius 3 is 2.62 bits per heavy atom. The number of carbonyl (C=O) groups excluding carboxylic acids is 1. The smallest absolute Gasteiger partial charge is 0.290 e. The van der Waals surface area contributed by atoms with Gasteiger partial charge in [0.1, 0.15) is 5.76 Å². The zero-order valence-electron chi connectivity index (χ0n) is 16.1. The summed E-state index contributed by atoms with van der Waals surface area (Å²) in [5.74, 6) is 1.17. The molecule has 2 rings (SSSR count). The van der Waals surface area contributed by atoms with Crippen LogP contribution in [0.15, 0.2) is 47.7 Å². The molecule has 5 heteroatoms. The van der Waals surface area contributed by atoms with Crippen molar-refractivity contribution >= 4 is 5.91 Å². The van der Waals surface area contributed by atoms with E-state index < -0.39 is 0 Å². The zero-order chi connectivity index (χ0) is 18.9. The lowest BCUT2D eigenvalue weighted by Crippen LogP contribution is -2.30. The van der Waals surface area contributed by atoms with Crippen LogP contribution in [-0.4, -0.2) is 40.3 Å². The van der Waals surface area contributed by atoms with E-state index in [-0.39, 0.29) is 5.91 Å². The van der Waals surface area contributed by atoms with Gasteiger partial charge >= 0.3 is 0 Å². The van der Waals surface area contributed by atoms with Gasteiger partial charge < -0.3 is 9.32 Å². The van der Waals surface area contributed by atoms with Crippen LogP contribution in [0.4, 0.5) is 0 Å². The van der Waals surface area contributed by atoms with Gasteiger partial charge in [-0.15, -0.1) is 6.58 Å². The Morgan fingerprint density at radius 1 is 1.27 bits per heavy atom. The molecule has 5 nitrogen and oxygen atoms in total. The lowest BCUT2D eigenvalue weighted by atomic mass is 10.2. The summed E-state index contributed by atoms with van der Waals surface area (Å²) < 4.78 is 5.91. The van der Waals surface area contributed by atoms with E-state index in [1.165, 1.54) is 0 Å². The monoisotopic (exact) mass is 355 g/mol. The maximum Gasteiger partial charge on any atom is 0.290 e. The van der Waals surface area contributed by atoms with Crippen molar-refractivity contribution in [2.75, 3.05) is 19.6 Å². The van der Waals surface area contributed by atoms with Crippen LogP contribution in [0, 0.1) is 0 Å². The molecule has 0 radical (unpaired) electrons. The van der Waals surface area contributed by atoms with Crippen molar-refractivity contribution in [3.05, 3.63) is 65.9 Å². The fraction of sp³-hybridized carbons (Fsp3) is 0.429. The molecule has 0 aliphatic carbocycles. The predicted octanol–water partition coefficient (Wildman–Crippen LogP) is 3.91. The van der Waals surface area contributed by atoms with E-state index in [2.05, 4.69) is 37.2 Å². The fourth-order valence-corrected chi connectivity index (χ4v) is 2.94. The number of aryl methyl sites for hydroxylation is 1. The van der Waals surface area contributed by atoms with Crippen LogP contribution in [0.1, 0.15) is 48.2 Å². The van der Waals surface area contributed by atoms with Crippen molar-refractivity contribution < 1.29 is 9.21 Å². The number of pyridine rings is 1. The first-order valence-electron chi connectivity index (χ1n) is 9.25. The lowest BCUT2D eigenvalue weighted by Gasteiger charge is -2.19. The van der Waals surface area contributed by atoms with E-state index in [4.69, 9.17) is 4.42 Å². The van der Waals surface area contributed by atoms with Crippen LogP contribution in [-0.2, 0) is 19.5 Å². The maximum absolute atomic E-state index is 13.0. The SMILES string of the molecule is C=CCN(Cc1cccnc1)C(=O)c1cc(CN(CC)CC)c(CC)o1. The quantitative estimate of drug-likeness (QED) is 0.606. The van der Waals surface area contributed by atoms with Crippen LogP contribution in [0.3, 0.4) is 0 Å². The molecule has 0 aliphatic heterocycles. The molecule has 140 valence electrons. The van der Waals surface area contributed by atoms with Gasteiger partial charge in [0.15, 0.2) is 5.76 Å². The highest BCUT2D eigenvalue weighted by atomic mass is 16.4. The number of furan rings is 1. The van der Waals surface area contributed by atoms with Crippen LogP contribution < -0.4 is 0 Å². The highest BCUT2D eigenvalue weighted by molar-refractivity contribution is 5.92. The van der Waals surface area contributed by atoms with Gasteiger partial charge in [-0.3, -0.25) is 14.7 Å². The van der Waals surface area contributed by atoms with E-state index in [0.29, 0.717) is 18.8 Å². The highest BCUT2D eigenvalue weighted by Gasteiger charge is 2.22. The largest absolute Gasteiger partial charge is 0.456 e. The van der Waals surface area contributed by atoms with E-state index >= 15 is 0 Å². The van der Waals surface area contributed by atoms with Crippen LogP contribution in [0.2, 0.25) is 0 Å². The Morgan fingerprint density at radius 2 is 2.04 bits per heavy atom. The molecule has 0 aliphatic rings. The van der Waals surface area contributed by atoms with Gasteiger partial charge in [-0.25, -0.2) is 0 Å². The molecule has 0 saturated carbocycles. The summed E-state index contributed by atoms with van der Waals surface area (Å²) in [5.41, 5.74) is 2.08. The molecule has 2 heterocycles. The standard InChI is InChI=1S/C21H29N3O2/c1-5-12-24(15-17-10-9-11-22-14-17)21(25)20-13-18(19(6-2)26-20)16-23(7-3)8-4/h5,9-11,13-14H,1,6-8,12,15-16H2,2-4H3. The minimum absolute atomic E-state index is 0.116. The average molecular weight is 355 g/mol. The Balaban J connectivity index is 2.22. The normalized spacial score (nSPS) is 10.9. The average Bonchev–Trinajstić information content (AvgIpc) is 3.08. The molecule has 2 aromatic rings. The van der Waals surface area contributed by atoms with Crippen molar-refractivity contribution in [1.29, 1.82) is 0 Å². The number of amides is 1. The molecular weight excluding hydrogens is 326 g/mol. The maximum atomic E-state index is 13.0. The summed E-state index contributed by atoms with van der Waals surface area (Å²) in [7, 11) is 0. The number of carbonyl (C=O) groups is 1. The first-order valence-corrected chi connectivity index (χ1v) is 9.25. The number of aromatic nitrogens is 1. The van der Waals surface area contributed by atoms with E-state index in [0.717, 1.165) is 42.9 Å². The van der Waals surface area contributed by atoms with Crippen LogP contribution in [0.25, 0.3) is 0 Å². The number of hydrogen-bond donors (Lipinski definition) is 0. The minimum atomic E-state index is -0.116. The molecule has 0 aromatic carbocycles. The molecule has 0 atom stereocenters. The molecule has 0 spiro atoms. The van der Waals surface area contributed by atoms with Crippen molar-refractivity contribution in [2.24, 2.45) is 0 Å². The van der Waals surface area contributed by atoms with Gasteiger partial charge in [-0.1, -0.05) is 32.9 Å². The Bertz CT molecular complexity index is 705. The summed E-state index contributed by atoms with van der Waals surface area (Å²) in [5, 5.41) is 0. The molecule has 26 heavy (non-hydrogen) atoms. The molecule has 0 N–H and O–H groups in total. The summed E-state index contributed by atoms with van der Waals surface area (Å²) in [4.78, 5) is 21.2.